The molecule has 0 aromatic carbocycles. The lowest BCUT2D eigenvalue weighted by Crippen LogP contribution is -2.27. The van der Waals surface area contributed by atoms with E-state index in [1.165, 1.54) is 11.3 Å². The van der Waals surface area contributed by atoms with Gasteiger partial charge in [-0.05, 0) is 20.8 Å². The third-order valence-electron chi connectivity index (χ3n) is 1.39. The number of anilines is 1. The molecule has 17 heavy (non-hydrogen) atoms. The van der Waals surface area contributed by atoms with E-state index in [0.29, 0.717) is 10.5 Å². The van der Waals surface area contributed by atoms with Crippen LogP contribution in [0.4, 0.5) is 9.93 Å². The Morgan fingerprint density at radius 2 is 2.35 bits per heavy atom. The van der Waals surface area contributed by atoms with Crippen LogP contribution in [0.2, 0.25) is 0 Å². The van der Waals surface area contributed by atoms with Gasteiger partial charge in [-0.2, -0.15) is 0 Å². The second-order valence-electron chi connectivity index (χ2n) is 4.09. The maximum atomic E-state index is 11.4. The summed E-state index contributed by atoms with van der Waals surface area (Å²) in [5, 5.41) is 3.66. The summed E-state index contributed by atoms with van der Waals surface area (Å²) in [6.45, 7) is 5.42. The minimum absolute atomic E-state index is 0.484. The van der Waals surface area contributed by atoms with Gasteiger partial charge in [0.25, 0.3) is 0 Å². The zero-order valence-corrected chi connectivity index (χ0v) is 12.2. The average molecular weight is 317 g/mol. The number of aromatic nitrogens is 1. The summed E-state index contributed by atoms with van der Waals surface area (Å²) in [6.07, 6.45) is 1.11. The van der Waals surface area contributed by atoms with E-state index >= 15 is 0 Å². The Morgan fingerprint density at radius 3 is 2.94 bits per heavy atom. The van der Waals surface area contributed by atoms with E-state index in [4.69, 9.17) is 4.74 Å². The van der Waals surface area contributed by atoms with Gasteiger partial charge in [0.15, 0.2) is 5.13 Å². The molecule has 1 N–H and O–H groups in total. The van der Waals surface area contributed by atoms with Crippen molar-refractivity contribution in [2.45, 2.75) is 26.4 Å². The van der Waals surface area contributed by atoms with Crippen LogP contribution in [-0.2, 0) is 4.74 Å². The molecule has 0 atom stereocenters. The highest BCUT2D eigenvalue weighted by Crippen LogP contribution is 2.18. The van der Waals surface area contributed by atoms with Gasteiger partial charge in [-0.15, -0.1) is 0 Å². The first-order valence-electron chi connectivity index (χ1n) is 4.91. The number of carbonyl (C=O) groups is 1. The van der Waals surface area contributed by atoms with E-state index in [-0.39, 0.29) is 0 Å². The van der Waals surface area contributed by atoms with E-state index in [1.807, 2.05) is 0 Å². The van der Waals surface area contributed by atoms with Crippen molar-refractivity contribution in [1.82, 2.24) is 4.98 Å². The molecule has 0 aliphatic carbocycles. The number of carbonyl (C=O) groups excluding carboxylic acids is 1. The zero-order chi connectivity index (χ0) is 12.9. The first kappa shape index (κ1) is 14.0. The Hall–Kier alpha value is -1.06. The standard InChI is InChI=1S/C11H13BrN2O2S/c1-11(2,3)16-10(15)14-9-13-7-8(17-9)5-4-6-12/h7H,6H2,1-3H3,(H,13,14,15). The topological polar surface area (TPSA) is 51.2 Å². The molecule has 6 heteroatoms. The van der Waals surface area contributed by atoms with Crippen LogP contribution in [0, 0.1) is 11.8 Å². The van der Waals surface area contributed by atoms with E-state index in [9.17, 15) is 4.79 Å². The summed E-state index contributed by atoms with van der Waals surface area (Å²) < 4.78 is 5.11. The fourth-order valence-electron chi connectivity index (χ4n) is 0.901. The summed E-state index contributed by atoms with van der Waals surface area (Å²) in [6, 6.07) is 0. The van der Waals surface area contributed by atoms with Gasteiger partial charge in [-0.3, -0.25) is 5.32 Å². The van der Waals surface area contributed by atoms with Crippen LogP contribution in [0.15, 0.2) is 6.20 Å². The van der Waals surface area contributed by atoms with Gasteiger partial charge in [-0.25, -0.2) is 9.78 Å². The van der Waals surface area contributed by atoms with Gasteiger partial charge in [0, 0.05) is 0 Å². The van der Waals surface area contributed by atoms with Gasteiger partial charge in [0.05, 0.1) is 16.4 Å². The third kappa shape index (κ3) is 5.71. The van der Waals surface area contributed by atoms with Crippen LogP contribution in [0.25, 0.3) is 0 Å². The van der Waals surface area contributed by atoms with Crippen molar-refractivity contribution < 1.29 is 9.53 Å². The van der Waals surface area contributed by atoms with Crippen molar-refractivity contribution >= 4 is 38.5 Å². The molecule has 0 spiro atoms. The maximum absolute atomic E-state index is 11.4. The van der Waals surface area contributed by atoms with Crippen LogP contribution in [0.5, 0.6) is 0 Å². The largest absolute Gasteiger partial charge is 0.444 e. The fourth-order valence-corrected chi connectivity index (χ4v) is 1.72. The molecule has 0 aliphatic heterocycles. The number of rotatable bonds is 1. The molecule has 0 unspecified atom stereocenters. The zero-order valence-electron chi connectivity index (χ0n) is 9.83. The Balaban J connectivity index is 2.58. The minimum Gasteiger partial charge on any atom is -0.444 e. The predicted octanol–water partition coefficient (Wildman–Crippen LogP) is 3.24. The normalized spacial score (nSPS) is 10.4. The summed E-state index contributed by atoms with van der Waals surface area (Å²) >= 11 is 4.52. The molecular formula is C11H13BrN2O2S. The number of hydrogen-bond donors (Lipinski definition) is 1. The highest BCUT2D eigenvalue weighted by Gasteiger charge is 2.16. The highest BCUT2D eigenvalue weighted by molar-refractivity contribution is 9.09. The second kappa shape index (κ2) is 6.03. The van der Waals surface area contributed by atoms with E-state index in [0.717, 1.165) is 4.88 Å². The molecule has 92 valence electrons. The molecule has 4 nitrogen and oxygen atoms in total. The number of hydrogen-bond acceptors (Lipinski definition) is 4. The smallest absolute Gasteiger partial charge is 0.413 e. The van der Waals surface area contributed by atoms with Crippen molar-refractivity contribution in [1.29, 1.82) is 0 Å². The molecule has 0 saturated heterocycles. The van der Waals surface area contributed by atoms with E-state index in [2.05, 4.69) is 38.1 Å². The number of nitrogens with one attached hydrogen (secondary N) is 1. The summed E-state index contributed by atoms with van der Waals surface area (Å²) in [4.78, 5) is 16.3. The summed E-state index contributed by atoms with van der Waals surface area (Å²) in [7, 11) is 0. The van der Waals surface area contributed by atoms with Crippen LogP contribution < -0.4 is 5.32 Å². The average Bonchev–Trinajstić information content (AvgIpc) is 2.59. The maximum Gasteiger partial charge on any atom is 0.413 e. The second-order valence-corrected chi connectivity index (χ2v) is 5.68. The van der Waals surface area contributed by atoms with E-state index in [1.54, 1.807) is 27.0 Å². The first-order valence-corrected chi connectivity index (χ1v) is 6.85. The lowest BCUT2D eigenvalue weighted by molar-refractivity contribution is 0.0636. The molecule has 1 amide bonds. The molecule has 1 heterocycles. The van der Waals surface area contributed by atoms with Crippen molar-refractivity contribution in [3.63, 3.8) is 0 Å². The van der Waals surface area contributed by atoms with Crippen LogP contribution in [0.1, 0.15) is 25.6 Å². The van der Waals surface area contributed by atoms with Crippen molar-refractivity contribution in [2.24, 2.45) is 0 Å². The Kier molecular flexibility index (Phi) is 4.97. The Morgan fingerprint density at radius 1 is 1.65 bits per heavy atom. The molecule has 0 bridgehead atoms. The number of amides is 1. The van der Waals surface area contributed by atoms with Gasteiger partial charge in [-0.1, -0.05) is 39.1 Å². The predicted molar refractivity (Wildman–Crippen MR) is 72.6 cm³/mol. The van der Waals surface area contributed by atoms with Gasteiger partial charge in [0.1, 0.15) is 5.60 Å². The fraction of sp³-hybridized carbons (Fsp3) is 0.455. The molecular weight excluding hydrogens is 304 g/mol. The van der Waals surface area contributed by atoms with Crippen LogP contribution >= 0.6 is 27.3 Å². The number of nitrogens with zero attached hydrogens (tertiary/aromatic N) is 1. The molecule has 0 saturated carbocycles. The highest BCUT2D eigenvalue weighted by atomic mass is 79.9. The summed E-state index contributed by atoms with van der Waals surface area (Å²) in [5.41, 5.74) is -0.514. The van der Waals surface area contributed by atoms with E-state index < -0.39 is 11.7 Å². The first-order chi connectivity index (χ1) is 7.90. The van der Waals surface area contributed by atoms with Crippen molar-refractivity contribution in [2.75, 3.05) is 10.6 Å². The van der Waals surface area contributed by atoms with Crippen LogP contribution in [0.3, 0.4) is 0 Å². The number of halogens is 1. The van der Waals surface area contributed by atoms with Crippen molar-refractivity contribution in [3.05, 3.63) is 11.1 Å². The molecule has 0 radical (unpaired) electrons. The monoisotopic (exact) mass is 316 g/mol. The SMILES string of the molecule is CC(C)(C)OC(=O)Nc1ncc(C#CCBr)s1. The van der Waals surface area contributed by atoms with Gasteiger partial charge in [0.2, 0.25) is 0 Å². The summed E-state index contributed by atoms with van der Waals surface area (Å²) in [5.74, 6) is 5.77. The Labute approximate surface area is 113 Å². The molecule has 1 aromatic rings. The lowest BCUT2D eigenvalue weighted by atomic mass is 10.2. The van der Waals surface area contributed by atoms with Crippen LogP contribution in [-0.4, -0.2) is 22.0 Å². The van der Waals surface area contributed by atoms with Gasteiger partial charge >= 0.3 is 6.09 Å². The Bertz CT molecular complexity index is 454. The molecule has 0 aliphatic rings. The number of thiazole rings is 1. The van der Waals surface area contributed by atoms with Crippen molar-refractivity contribution in [3.8, 4) is 11.8 Å². The quantitative estimate of drug-likeness (QED) is 0.639. The number of ether oxygens (including phenoxy) is 1. The molecule has 1 rings (SSSR count). The molecule has 1 aromatic heterocycles. The lowest BCUT2D eigenvalue weighted by Gasteiger charge is -2.18. The molecule has 0 fully saturated rings. The minimum atomic E-state index is -0.514. The van der Waals surface area contributed by atoms with Gasteiger partial charge < -0.3 is 4.74 Å². The third-order valence-corrected chi connectivity index (χ3v) is 2.50. The number of alkyl halides is 1.